The number of rotatable bonds is 4. The van der Waals surface area contributed by atoms with E-state index < -0.39 is 0 Å². The van der Waals surface area contributed by atoms with Gasteiger partial charge in [0.05, 0.1) is 11.8 Å². The Balaban J connectivity index is 1.14. The van der Waals surface area contributed by atoms with Gasteiger partial charge in [0, 0.05) is 0 Å². The van der Waals surface area contributed by atoms with Crippen molar-refractivity contribution < 1.29 is 19.1 Å². The molecule has 0 aromatic carbocycles. The van der Waals surface area contributed by atoms with Crippen LogP contribution in [0.4, 0.5) is 0 Å². The van der Waals surface area contributed by atoms with Crippen LogP contribution in [-0.4, -0.2) is 23.6 Å². The van der Waals surface area contributed by atoms with Crippen molar-refractivity contribution >= 4 is 11.9 Å². The van der Waals surface area contributed by atoms with Crippen molar-refractivity contribution in [3.63, 3.8) is 0 Å². The normalized spacial score (nSPS) is 43.8. The van der Waals surface area contributed by atoms with E-state index in [0.717, 1.165) is 57.8 Å². The Kier molecular flexibility index (Phi) is 4.36. The fraction of sp³-hybridized carbons (Fsp3) is 0.826. The SMILES string of the molecule is CC1(OC(=O)C2CC3CC2CC3OC(=O)C2CC3C=CC2C3)CCCCC1. The summed E-state index contributed by atoms with van der Waals surface area (Å²) in [5.74, 6) is 1.80. The topological polar surface area (TPSA) is 52.6 Å². The van der Waals surface area contributed by atoms with Crippen molar-refractivity contribution in [2.45, 2.75) is 82.8 Å². The number of carbonyl (C=O) groups excluding carboxylic acids is 2. The number of carbonyl (C=O) groups is 2. The van der Waals surface area contributed by atoms with Crippen LogP contribution in [0.25, 0.3) is 0 Å². The van der Waals surface area contributed by atoms with E-state index in [2.05, 4.69) is 19.1 Å². The van der Waals surface area contributed by atoms with Gasteiger partial charge in [-0.2, -0.15) is 0 Å². The molecule has 5 aliphatic carbocycles. The Morgan fingerprint density at radius 1 is 0.852 bits per heavy atom. The quantitative estimate of drug-likeness (QED) is 0.541. The molecule has 7 unspecified atom stereocenters. The third-order valence-electron chi connectivity index (χ3n) is 8.20. The lowest BCUT2D eigenvalue weighted by Gasteiger charge is -2.35. The standard InChI is InChI=1S/C23H32O4/c1-23(7-3-2-4-8-23)27-22(25)19-12-17-11-16(19)13-20(17)26-21(24)18-10-14-5-6-15(18)9-14/h5-6,14-20H,2-4,7-13H2,1H3. The average Bonchev–Trinajstić information content (AvgIpc) is 3.42. The van der Waals surface area contributed by atoms with E-state index >= 15 is 0 Å². The molecule has 4 heteroatoms. The van der Waals surface area contributed by atoms with Gasteiger partial charge in [0.25, 0.3) is 0 Å². The molecule has 27 heavy (non-hydrogen) atoms. The lowest BCUT2D eigenvalue weighted by atomic mass is 9.84. The summed E-state index contributed by atoms with van der Waals surface area (Å²) in [5, 5.41) is 0. The van der Waals surface area contributed by atoms with Gasteiger partial charge in [-0.3, -0.25) is 9.59 Å². The van der Waals surface area contributed by atoms with E-state index in [9.17, 15) is 9.59 Å². The molecule has 4 fully saturated rings. The summed E-state index contributed by atoms with van der Waals surface area (Å²) in [4.78, 5) is 25.4. The molecule has 0 aliphatic heterocycles. The molecular weight excluding hydrogens is 340 g/mol. The summed E-state index contributed by atoms with van der Waals surface area (Å²) in [6.07, 6.45) is 14.9. The van der Waals surface area contributed by atoms with E-state index in [4.69, 9.17) is 9.47 Å². The molecule has 5 rings (SSSR count). The summed E-state index contributed by atoms with van der Waals surface area (Å²) in [5.41, 5.74) is -0.252. The molecule has 148 valence electrons. The highest BCUT2D eigenvalue weighted by Crippen LogP contribution is 2.51. The van der Waals surface area contributed by atoms with Crippen molar-refractivity contribution in [1.82, 2.24) is 0 Å². The fourth-order valence-corrected chi connectivity index (χ4v) is 6.66. The van der Waals surface area contributed by atoms with Crippen molar-refractivity contribution in [1.29, 1.82) is 0 Å². The Morgan fingerprint density at radius 2 is 1.67 bits per heavy atom. The third kappa shape index (κ3) is 3.23. The maximum absolute atomic E-state index is 12.8. The first-order valence-corrected chi connectivity index (χ1v) is 11.1. The molecule has 0 radical (unpaired) electrons. The molecule has 0 amide bonds. The van der Waals surface area contributed by atoms with Gasteiger partial charge in [0.2, 0.25) is 0 Å². The van der Waals surface area contributed by atoms with Crippen LogP contribution in [0.15, 0.2) is 12.2 Å². The molecule has 7 atom stereocenters. The van der Waals surface area contributed by atoms with Crippen molar-refractivity contribution in [3.8, 4) is 0 Å². The van der Waals surface area contributed by atoms with Gasteiger partial charge in [-0.1, -0.05) is 18.6 Å². The van der Waals surface area contributed by atoms with Gasteiger partial charge in [-0.15, -0.1) is 0 Å². The second kappa shape index (κ2) is 6.63. The van der Waals surface area contributed by atoms with Crippen LogP contribution in [-0.2, 0) is 19.1 Å². The molecule has 0 heterocycles. The molecule has 0 saturated heterocycles. The van der Waals surface area contributed by atoms with E-state index in [1.165, 1.54) is 6.42 Å². The highest BCUT2D eigenvalue weighted by Gasteiger charge is 2.52. The van der Waals surface area contributed by atoms with E-state index in [1.54, 1.807) is 0 Å². The van der Waals surface area contributed by atoms with Gasteiger partial charge in [-0.05, 0) is 88.4 Å². The third-order valence-corrected chi connectivity index (χ3v) is 8.20. The number of esters is 2. The molecule has 4 bridgehead atoms. The predicted octanol–water partition coefficient (Wildman–Crippen LogP) is 4.42. The maximum atomic E-state index is 12.8. The van der Waals surface area contributed by atoms with Crippen LogP contribution in [0.2, 0.25) is 0 Å². The molecule has 0 aromatic rings. The second-order valence-corrected chi connectivity index (χ2v) is 10.1. The summed E-state index contributed by atoms with van der Waals surface area (Å²) in [6, 6.07) is 0. The summed E-state index contributed by atoms with van der Waals surface area (Å²) in [6.45, 7) is 2.10. The fourth-order valence-electron chi connectivity index (χ4n) is 6.66. The zero-order valence-corrected chi connectivity index (χ0v) is 16.4. The van der Waals surface area contributed by atoms with Crippen LogP contribution in [0.3, 0.4) is 0 Å². The zero-order valence-electron chi connectivity index (χ0n) is 16.4. The number of hydrogen-bond acceptors (Lipinski definition) is 4. The second-order valence-electron chi connectivity index (χ2n) is 10.1. The van der Waals surface area contributed by atoms with Crippen LogP contribution in [0.1, 0.15) is 71.1 Å². The molecule has 4 nitrogen and oxygen atoms in total. The predicted molar refractivity (Wildman–Crippen MR) is 101 cm³/mol. The maximum Gasteiger partial charge on any atom is 0.309 e. The van der Waals surface area contributed by atoms with E-state index in [0.29, 0.717) is 23.7 Å². The van der Waals surface area contributed by atoms with Crippen molar-refractivity contribution in [2.24, 2.45) is 35.5 Å². The molecule has 5 aliphatic rings. The molecule has 0 N–H and O–H groups in total. The van der Waals surface area contributed by atoms with Crippen LogP contribution in [0, 0.1) is 35.5 Å². The van der Waals surface area contributed by atoms with Gasteiger partial charge in [0.15, 0.2) is 0 Å². The Hall–Kier alpha value is -1.32. The first kappa shape index (κ1) is 17.8. The van der Waals surface area contributed by atoms with Crippen LogP contribution >= 0.6 is 0 Å². The average molecular weight is 373 g/mol. The first-order valence-electron chi connectivity index (χ1n) is 11.1. The minimum absolute atomic E-state index is 0.00918. The minimum atomic E-state index is -0.252. The molecule has 0 spiro atoms. The number of fused-ring (bicyclic) bond motifs is 4. The smallest absolute Gasteiger partial charge is 0.309 e. The summed E-state index contributed by atoms with van der Waals surface area (Å²) < 4.78 is 11.9. The monoisotopic (exact) mass is 372 g/mol. The number of ether oxygens (including phenoxy) is 2. The van der Waals surface area contributed by atoms with Gasteiger partial charge in [-0.25, -0.2) is 0 Å². The lowest BCUT2D eigenvalue weighted by molar-refractivity contribution is -0.170. The zero-order chi connectivity index (χ0) is 18.6. The highest BCUT2D eigenvalue weighted by molar-refractivity contribution is 5.75. The summed E-state index contributed by atoms with van der Waals surface area (Å²) in [7, 11) is 0. The Labute approximate surface area is 162 Å². The lowest BCUT2D eigenvalue weighted by Crippen LogP contribution is -2.39. The molecule has 4 saturated carbocycles. The highest BCUT2D eigenvalue weighted by atomic mass is 16.6. The minimum Gasteiger partial charge on any atom is -0.462 e. The Morgan fingerprint density at radius 3 is 2.30 bits per heavy atom. The number of allylic oxidation sites excluding steroid dienone is 2. The van der Waals surface area contributed by atoms with Gasteiger partial charge in [0.1, 0.15) is 11.7 Å². The Bertz CT molecular complexity index is 647. The van der Waals surface area contributed by atoms with Crippen molar-refractivity contribution in [3.05, 3.63) is 12.2 Å². The first-order chi connectivity index (χ1) is 13.0. The number of hydrogen-bond donors (Lipinski definition) is 0. The van der Waals surface area contributed by atoms with E-state index in [1.807, 2.05) is 0 Å². The van der Waals surface area contributed by atoms with Gasteiger partial charge < -0.3 is 9.47 Å². The largest absolute Gasteiger partial charge is 0.462 e. The van der Waals surface area contributed by atoms with Crippen LogP contribution in [0.5, 0.6) is 0 Å². The molecular formula is C23H32O4. The van der Waals surface area contributed by atoms with Crippen LogP contribution < -0.4 is 0 Å². The van der Waals surface area contributed by atoms with E-state index in [-0.39, 0.29) is 35.5 Å². The van der Waals surface area contributed by atoms with Crippen molar-refractivity contribution in [2.75, 3.05) is 0 Å². The molecule has 0 aromatic heterocycles. The summed E-state index contributed by atoms with van der Waals surface area (Å²) >= 11 is 0. The van der Waals surface area contributed by atoms with Gasteiger partial charge >= 0.3 is 11.9 Å².